The molecule has 1 heterocycles. The fourth-order valence-electron chi connectivity index (χ4n) is 5.74. The zero-order valence-electron chi connectivity index (χ0n) is 17.1. The molecule has 4 aliphatic carbocycles. The van der Waals surface area contributed by atoms with Crippen LogP contribution in [0.5, 0.6) is 0 Å². The third-order valence-corrected chi connectivity index (χ3v) is 7.87. The van der Waals surface area contributed by atoms with Gasteiger partial charge in [0.15, 0.2) is 5.79 Å². The molecule has 1 N–H and O–H groups in total. The highest BCUT2D eigenvalue weighted by Gasteiger charge is 2.69. The number of carbonyl (C=O) groups is 1. The van der Waals surface area contributed by atoms with Crippen LogP contribution in [0, 0.1) is 17.8 Å². The Kier molecular flexibility index (Phi) is 5.80. The summed E-state index contributed by atoms with van der Waals surface area (Å²) in [6.07, 6.45) is 1.96. The van der Waals surface area contributed by atoms with Gasteiger partial charge in [-0.05, 0) is 38.0 Å². The largest absolute Gasteiger partial charge is 0.465 e. The van der Waals surface area contributed by atoms with Crippen molar-refractivity contribution in [3.63, 3.8) is 0 Å². The lowest BCUT2D eigenvalue weighted by molar-refractivity contribution is -0.358. The van der Waals surface area contributed by atoms with Crippen LogP contribution in [0.2, 0.25) is 0 Å². The van der Waals surface area contributed by atoms with E-state index in [-0.39, 0.29) is 25.4 Å². The Bertz CT molecular complexity index is 874. The Hall–Kier alpha value is -1.16. The molecular formula is C18H22F6O8S. The summed E-state index contributed by atoms with van der Waals surface area (Å²) in [6, 6.07) is 0. The van der Waals surface area contributed by atoms with Crippen LogP contribution in [0.15, 0.2) is 0 Å². The van der Waals surface area contributed by atoms with Crippen molar-refractivity contribution in [2.45, 2.75) is 60.6 Å². The van der Waals surface area contributed by atoms with E-state index in [4.69, 9.17) is 18.8 Å². The van der Waals surface area contributed by atoms with Crippen LogP contribution in [0.25, 0.3) is 0 Å². The van der Waals surface area contributed by atoms with E-state index >= 15 is 0 Å². The third kappa shape index (κ3) is 4.02. The van der Waals surface area contributed by atoms with Gasteiger partial charge >= 0.3 is 33.2 Å². The summed E-state index contributed by atoms with van der Waals surface area (Å²) in [5, 5.41) is -5.13. The fourth-order valence-corrected chi connectivity index (χ4v) is 6.01. The van der Waals surface area contributed by atoms with Crippen LogP contribution in [0.4, 0.5) is 26.3 Å². The maximum absolute atomic E-state index is 13.8. The van der Waals surface area contributed by atoms with E-state index in [1.165, 1.54) is 0 Å². The number of esters is 1. The van der Waals surface area contributed by atoms with Crippen molar-refractivity contribution < 1.29 is 63.1 Å². The van der Waals surface area contributed by atoms with Gasteiger partial charge in [-0.2, -0.15) is 34.8 Å². The van der Waals surface area contributed by atoms with Crippen LogP contribution in [-0.2, 0) is 33.9 Å². The molecule has 2 atom stereocenters. The third-order valence-electron chi connectivity index (χ3n) is 7.05. The second-order valence-corrected chi connectivity index (χ2v) is 10.7. The molecule has 5 rings (SSSR count). The van der Waals surface area contributed by atoms with Crippen molar-refractivity contribution in [3.8, 4) is 0 Å². The highest BCUT2D eigenvalue weighted by molar-refractivity contribution is 7.87. The molecule has 1 saturated heterocycles. The topological polar surface area (TPSA) is 108 Å². The van der Waals surface area contributed by atoms with Crippen LogP contribution in [0.3, 0.4) is 0 Å². The number of hydrogen-bond acceptors (Lipinski definition) is 7. The van der Waals surface area contributed by atoms with Gasteiger partial charge in [0, 0.05) is 11.8 Å². The lowest BCUT2D eigenvalue weighted by Gasteiger charge is -2.63. The molecule has 0 amide bonds. The maximum Gasteiger partial charge on any atom is 0.465 e. The lowest BCUT2D eigenvalue weighted by Crippen LogP contribution is -2.66. The van der Waals surface area contributed by atoms with Gasteiger partial charge in [-0.25, -0.2) is 4.79 Å². The van der Waals surface area contributed by atoms with Crippen LogP contribution >= 0.6 is 0 Å². The van der Waals surface area contributed by atoms with Gasteiger partial charge in [0.25, 0.3) is 0 Å². The molecule has 5 fully saturated rings. The second kappa shape index (κ2) is 7.67. The normalized spacial score (nSPS) is 36.5. The standard InChI is InChI=1S/C18H22F6O8S/c19-15(20)8-31-17(32-9-16(15,21)22)11-3-10-4-12(17)7-14(5-10,6-11)30-2-1-29-13(25)18(23,24)33(26,27)28/h10-12H,1-9H2,(H,26,27,28). The average molecular weight is 512 g/mol. The van der Waals surface area contributed by atoms with E-state index in [0.29, 0.717) is 19.3 Å². The number of carbonyl (C=O) groups excluding carboxylic acids is 1. The van der Waals surface area contributed by atoms with E-state index in [2.05, 4.69) is 4.74 Å². The van der Waals surface area contributed by atoms with Crippen molar-refractivity contribution in [1.82, 2.24) is 0 Å². The Balaban J connectivity index is 1.39. The van der Waals surface area contributed by atoms with Crippen molar-refractivity contribution in [2.24, 2.45) is 17.8 Å². The quantitative estimate of drug-likeness (QED) is 0.251. The first-order valence-corrected chi connectivity index (χ1v) is 11.7. The molecular weight excluding hydrogens is 490 g/mol. The van der Waals surface area contributed by atoms with Crippen LogP contribution < -0.4 is 0 Å². The molecule has 4 bridgehead atoms. The molecule has 1 spiro atoms. The highest BCUT2D eigenvalue weighted by atomic mass is 32.2. The van der Waals surface area contributed by atoms with Crippen LogP contribution in [0.1, 0.15) is 32.1 Å². The Morgan fingerprint density at radius 1 is 0.970 bits per heavy atom. The molecule has 4 saturated carbocycles. The molecule has 8 nitrogen and oxygen atoms in total. The van der Waals surface area contributed by atoms with Gasteiger partial charge in [0.2, 0.25) is 0 Å². The minimum absolute atomic E-state index is 0.0796. The molecule has 0 aromatic heterocycles. The van der Waals surface area contributed by atoms with Gasteiger partial charge in [-0.3, -0.25) is 4.55 Å². The number of halogens is 6. The highest BCUT2D eigenvalue weighted by Crippen LogP contribution is 2.63. The number of alkyl halides is 6. The van der Waals surface area contributed by atoms with Gasteiger partial charge < -0.3 is 18.9 Å². The van der Waals surface area contributed by atoms with E-state index < -0.39 is 76.2 Å². The minimum Gasteiger partial charge on any atom is -0.458 e. The molecule has 5 aliphatic rings. The molecule has 0 aromatic carbocycles. The summed E-state index contributed by atoms with van der Waals surface area (Å²) >= 11 is 0. The van der Waals surface area contributed by atoms with Crippen molar-refractivity contribution in [3.05, 3.63) is 0 Å². The summed E-state index contributed by atoms with van der Waals surface area (Å²) in [6.45, 7) is -4.08. The SMILES string of the molecule is O=C(OCCOC12CC3CC(C1)C1(OCC(F)(F)C(F)(F)CO1)C(C3)C2)C(F)(F)S(=O)(=O)O. The first-order valence-electron chi connectivity index (χ1n) is 10.2. The minimum atomic E-state index is -5.99. The predicted octanol–water partition coefficient (Wildman–Crippen LogP) is 2.62. The second-order valence-electron chi connectivity index (χ2n) is 9.21. The average Bonchev–Trinajstić information content (AvgIpc) is 2.77. The lowest BCUT2D eigenvalue weighted by atomic mass is 9.51. The van der Waals surface area contributed by atoms with Gasteiger partial charge in [-0.1, -0.05) is 0 Å². The van der Waals surface area contributed by atoms with Crippen molar-refractivity contribution >= 4 is 16.1 Å². The van der Waals surface area contributed by atoms with Gasteiger partial charge in [0.05, 0.1) is 12.2 Å². The zero-order chi connectivity index (χ0) is 24.5. The number of hydrogen-bond donors (Lipinski definition) is 1. The summed E-state index contributed by atoms with van der Waals surface area (Å²) in [5.74, 6) is -13.8. The molecule has 0 aromatic rings. The molecule has 15 heteroatoms. The fraction of sp³-hybridized carbons (Fsp3) is 0.944. The number of ether oxygens (including phenoxy) is 4. The summed E-state index contributed by atoms with van der Waals surface area (Å²) < 4.78 is 132. The van der Waals surface area contributed by atoms with E-state index in [1.807, 2.05) is 0 Å². The van der Waals surface area contributed by atoms with E-state index in [0.717, 1.165) is 0 Å². The number of rotatable bonds is 6. The molecule has 33 heavy (non-hydrogen) atoms. The predicted molar refractivity (Wildman–Crippen MR) is 94.2 cm³/mol. The van der Waals surface area contributed by atoms with E-state index in [9.17, 15) is 39.6 Å². The van der Waals surface area contributed by atoms with Crippen LogP contribution in [-0.4, -0.2) is 73.9 Å². The zero-order valence-corrected chi connectivity index (χ0v) is 17.9. The van der Waals surface area contributed by atoms with Crippen molar-refractivity contribution in [2.75, 3.05) is 26.4 Å². The molecule has 1 aliphatic heterocycles. The van der Waals surface area contributed by atoms with Gasteiger partial charge in [-0.15, -0.1) is 0 Å². The summed E-state index contributed by atoms with van der Waals surface area (Å²) in [5.41, 5.74) is -0.843. The Labute approximate surface area is 184 Å². The molecule has 2 unspecified atom stereocenters. The Morgan fingerprint density at radius 3 is 1.97 bits per heavy atom. The smallest absolute Gasteiger partial charge is 0.458 e. The van der Waals surface area contributed by atoms with Crippen molar-refractivity contribution in [1.29, 1.82) is 0 Å². The first-order chi connectivity index (χ1) is 15.0. The summed E-state index contributed by atoms with van der Waals surface area (Å²) in [4.78, 5) is 11.3. The Morgan fingerprint density at radius 2 is 1.48 bits per heavy atom. The summed E-state index contributed by atoms with van der Waals surface area (Å²) in [7, 11) is -5.99. The molecule has 0 radical (unpaired) electrons. The van der Waals surface area contributed by atoms with Gasteiger partial charge in [0.1, 0.15) is 19.8 Å². The monoisotopic (exact) mass is 512 g/mol. The first kappa shape index (κ1) is 24.9. The molecule has 190 valence electrons. The maximum atomic E-state index is 13.8. The van der Waals surface area contributed by atoms with E-state index in [1.54, 1.807) is 0 Å².